The molecule has 30 heavy (non-hydrogen) atoms. The van der Waals surface area contributed by atoms with Crippen molar-refractivity contribution in [3.05, 3.63) is 66.1 Å². The number of unbranched alkanes of at least 4 members (excludes halogenated alkanes) is 3. The number of nitrogens with zero attached hydrogens (tertiary/aromatic N) is 3. The van der Waals surface area contributed by atoms with E-state index in [2.05, 4.69) is 22.3 Å². The summed E-state index contributed by atoms with van der Waals surface area (Å²) >= 11 is 0. The minimum absolute atomic E-state index is 0.207. The molecule has 158 valence electrons. The fraction of sp³-hybridized carbons (Fsp3) is 0.318. The highest BCUT2D eigenvalue weighted by atomic mass is 19.4. The van der Waals surface area contributed by atoms with E-state index in [9.17, 15) is 18.0 Å². The number of benzene rings is 1. The molecular weight excluding hydrogens is 393 g/mol. The fourth-order valence-electron chi connectivity index (χ4n) is 3.05. The molecule has 2 heterocycles. The van der Waals surface area contributed by atoms with Crippen molar-refractivity contribution >= 4 is 5.91 Å². The van der Waals surface area contributed by atoms with Crippen LogP contribution in [0.15, 0.2) is 54.9 Å². The van der Waals surface area contributed by atoms with Crippen molar-refractivity contribution in [3.8, 4) is 16.9 Å². The minimum atomic E-state index is -4.57. The number of rotatable bonds is 8. The second-order valence-electron chi connectivity index (χ2n) is 6.93. The average Bonchev–Trinajstić information content (AvgIpc) is 3.20. The summed E-state index contributed by atoms with van der Waals surface area (Å²) in [7, 11) is 0. The first-order valence-electron chi connectivity index (χ1n) is 9.86. The highest BCUT2D eigenvalue weighted by Crippen LogP contribution is 2.33. The van der Waals surface area contributed by atoms with E-state index in [1.165, 1.54) is 10.9 Å². The third-order valence-electron chi connectivity index (χ3n) is 4.65. The summed E-state index contributed by atoms with van der Waals surface area (Å²) in [5.74, 6) is -0.207. The Kier molecular flexibility index (Phi) is 6.87. The van der Waals surface area contributed by atoms with Crippen LogP contribution in [0.1, 0.15) is 48.7 Å². The van der Waals surface area contributed by atoms with E-state index in [1.807, 2.05) is 0 Å². The van der Waals surface area contributed by atoms with E-state index in [0.717, 1.165) is 31.7 Å². The molecule has 0 radical (unpaired) electrons. The van der Waals surface area contributed by atoms with Gasteiger partial charge in [-0.15, -0.1) is 0 Å². The van der Waals surface area contributed by atoms with Gasteiger partial charge >= 0.3 is 6.18 Å². The van der Waals surface area contributed by atoms with Gasteiger partial charge in [0.15, 0.2) is 5.69 Å². The molecule has 1 aromatic carbocycles. The monoisotopic (exact) mass is 416 g/mol. The Labute approximate surface area is 173 Å². The van der Waals surface area contributed by atoms with Gasteiger partial charge < -0.3 is 5.32 Å². The molecule has 0 saturated heterocycles. The van der Waals surface area contributed by atoms with Crippen LogP contribution in [0.3, 0.4) is 0 Å². The molecule has 5 nitrogen and oxygen atoms in total. The number of carbonyl (C=O) groups excluding carboxylic acids is 1. The third-order valence-corrected chi connectivity index (χ3v) is 4.65. The van der Waals surface area contributed by atoms with Crippen molar-refractivity contribution in [1.82, 2.24) is 20.1 Å². The van der Waals surface area contributed by atoms with Crippen LogP contribution < -0.4 is 5.32 Å². The average molecular weight is 416 g/mol. The number of amides is 1. The summed E-state index contributed by atoms with van der Waals surface area (Å²) in [4.78, 5) is 16.2. The van der Waals surface area contributed by atoms with Crippen molar-refractivity contribution < 1.29 is 18.0 Å². The van der Waals surface area contributed by atoms with Gasteiger partial charge in [-0.05, 0) is 48.9 Å². The van der Waals surface area contributed by atoms with E-state index in [4.69, 9.17) is 0 Å². The van der Waals surface area contributed by atoms with Crippen LogP contribution in [0.2, 0.25) is 0 Å². The van der Waals surface area contributed by atoms with Crippen LogP contribution in [-0.2, 0) is 6.18 Å². The Bertz CT molecular complexity index is 966. The van der Waals surface area contributed by atoms with Crippen LogP contribution in [-0.4, -0.2) is 27.2 Å². The molecule has 2 aromatic heterocycles. The zero-order chi connectivity index (χ0) is 21.6. The predicted molar refractivity (Wildman–Crippen MR) is 108 cm³/mol. The van der Waals surface area contributed by atoms with Gasteiger partial charge in [-0.3, -0.25) is 9.78 Å². The Morgan fingerprint density at radius 2 is 1.87 bits per heavy atom. The van der Waals surface area contributed by atoms with Gasteiger partial charge in [0, 0.05) is 30.1 Å². The van der Waals surface area contributed by atoms with Crippen LogP contribution in [0.25, 0.3) is 16.9 Å². The minimum Gasteiger partial charge on any atom is -0.352 e. The molecule has 0 aliphatic heterocycles. The third kappa shape index (κ3) is 5.25. The maximum Gasteiger partial charge on any atom is 0.435 e. The van der Waals surface area contributed by atoms with Crippen molar-refractivity contribution in [1.29, 1.82) is 0 Å². The predicted octanol–water partition coefficient (Wildman–Crippen LogP) is 5.26. The molecule has 0 aliphatic carbocycles. The van der Waals surface area contributed by atoms with Crippen molar-refractivity contribution in [3.63, 3.8) is 0 Å². The molecule has 8 heteroatoms. The summed E-state index contributed by atoms with van der Waals surface area (Å²) in [5.41, 5.74) is 0.650. The van der Waals surface area contributed by atoms with Gasteiger partial charge in [-0.25, -0.2) is 4.68 Å². The van der Waals surface area contributed by atoms with Gasteiger partial charge in [-0.2, -0.15) is 18.3 Å². The Balaban J connectivity index is 1.82. The number of alkyl halides is 3. The molecule has 3 rings (SSSR count). The first kappa shape index (κ1) is 21.5. The number of nitrogens with one attached hydrogen (secondary N) is 1. The van der Waals surface area contributed by atoms with Crippen molar-refractivity contribution in [2.45, 2.75) is 38.8 Å². The first-order valence-corrected chi connectivity index (χ1v) is 9.86. The van der Waals surface area contributed by atoms with Gasteiger partial charge in [-0.1, -0.05) is 26.2 Å². The lowest BCUT2D eigenvalue weighted by molar-refractivity contribution is -0.141. The zero-order valence-corrected chi connectivity index (χ0v) is 16.6. The molecule has 3 aromatic rings. The number of carbonyl (C=O) groups is 1. The van der Waals surface area contributed by atoms with E-state index in [1.54, 1.807) is 42.6 Å². The largest absolute Gasteiger partial charge is 0.435 e. The number of pyridine rings is 1. The van der Waals surface area contributed by atoms with Crippen LogP contribution >= 0.6 is 0 Å². The van der Waals surface area contributed by atoms with E-state index in [-0.39, 0.29) is 11.6 Å². The topological polar surface area (TPSA) is 59.8 Å². The molecule has 0 atom stereocenters. The molecule has 0 fully saturated rings. The van der Waals surface area contributed by atoms with E-state index in [0.29, 0.717) is 23.4 Å². The Morgan fingerprint density at radius 3 is 2.50 bits per heavy atom. The standard InChI is InChI=1S/C22H23F3N4O/c1-2-3-4-5-13-27-21(30)16-8-10-18(11-9-16)29-19(17-7-6-12-26-15-17)14-20(28-29)22(23,24)25/h6-12,14-15H,2-5,13H2,1H3,(H,27,30). The van der Waals surface area contributed by atoms with Crippen molar-refractivity contribution in [2.24, 2.45) is 0 Å². The van der Waals surface area contributed by atoms with Crippen LogP contribution in [0.5, 0.6) is 0 Å². The molecule has 0 bridgehead atoms. The molecule has 0 aliphatic rings. The SMILES string of the molecule is CCCCCCNC(=O)c1ccc(-n2nc(C(F)(F)F)cc2-c2cccnc2)cc1. The molecule has 0 unspecified atom stereocenters. The van der Waals surface area contributed by atoms with Gasteiger partial charge in [0.05, 0.1) is 11.4 Å². The lowest BCUT2D eigenvalue weighted by Crippen LogP contribution is -2.24. The second kappa shape index (κ2) is 9.56. The Hall–Kier alpha value is -3.16. The van der Waals surface area contributed by atoms with Gasteiger partial charge in [0.25, 0.3) is 5.91 Å². The molecule has 1 amide bonds. The molecule has 1 N–H and O–H groups in total. The van der Waals surface area contributed by atoms with Gasteiger partial charge in [0.2, 0.25) is 0 Å². The summed E-state index contributed by atoms with van der Waals surface area (Å²) in [6, 6.07) is 10.6. The quantitative estimate of drug-likeness (QED) is 0.510. The summed E-state index contributed by atoms with van der Waals surface area (Å²) < 4.78 is 40.9. The maximum atomic E-state index is 13.2. The second-order valence-corrected chi connectivity index (χ2v) is 6.93. The number of halogens is 3. The lowest BCUT2D eigenvalue weighted by Gasteiger charge is -2.09. The number of hydrogen-bond donors (Lipinski definition) is 1. The normalized spacial score (nSPS) is 11.5. The maximum absolute atomic E-state index is 13.2. The number of hydrogen-bond acceptors (Lipinski definition) is 3. The van der Waals surface area contributed by atoms with Crippen LogP contribution in [0, 0.1) is 0 Å². The highest BCUT2D eigenvalue weighted by molar-refractivity contribution is 5.94. The Morgan fingerprint density at radius 1 is 1.10 bits per heavy atom. The summed E-state index contributed by atoms with van der Waals surface area (Å²) in [6.45, 7) is 2.72. The highest BCUT2D eigenvalue weighted by Gasteiger charge is 2.35. The molecule has 0 spiro atoms. The molecular formula is C22H23F3N4O. The van der Waals surface area contributed by atoms with E-state index >= 15 is 0 Å². The van der Waals surface area contributed by atoms with Crippen molar-refractivity contribution in [2.75, 3.05) is 6.54 Å². The van der Waals surface area contributed by atoms with Crippen LogP contribution in [0.4, 0.5) is 13.2 Å². The van der Waals surface area contributed by atoms with E-state index < -0.39 is 11.9 Å². The summed E-state index contributed by atoms with van der Waals surface area (Å²) in [6.07, 6.45) is 2.69. The molecule has 0 saturated carbocycles. The number of aromatic nitrogens is 3. The first-order chi connectivity index (χ1) is 14.4. The zero-order valence-electron chi connectivity index (χ0n) is 16.6. The van der Waals surface area contributed by atoms with Gasteiger partial charge in [0.1, 0.15) is 0 Å². The fourth-order valence-corrected chi connectivity index (χ4v) is 3.05. The smallest absolute Gasteiger partial charge is 0.352 e. The summed E-state index contributed by atoms with van der Waals surface area (Å²) in [5, 5.41) is 6.60. The lowest BCUT2D eigenvalue weighted by atomic mass is 10.1.